The molecule has 1 fully saturated rings. The number of likely N-dealkylation sites (N-methyl/N-ethyl adjacent to an activating group) is 1. The topological polar surface area (TPSA) is 45.2 Å². The standard InChI is InChI=1S/C23H31FN2O3/c1-25(2)15-16-28-20-9-7-19(8-10-20)17-26-13-11-23(27,12-14-26)18-29-22-6-4-3-5-21(22)24/h3-10,27H,11-18H2,1-2H3. The van der Waals surface area contributed by atoms with Gasteiger partial charge in [0, 0.05) is 26.2 Å². The minimum absolute atomic E-state index is 0.112. The van der Waals surface area contributed by atoms with Crippen LogP contribution in [-0.4, -0.2) is 67.5 Å². The second kappa shape index (κ2) is 10.1. The summed E-state index contributed by atoms with van der Waals surface area (Å²) >= 11 is 0. The smallest absolute Gasteiger partial charge is 0.165 e. The van der Waals surface area contributed by atoms with Crippen LogP contribution in [0.2, 0.25) is 0 Å². The number of rotatable bonds is 9. The molecule has 0 spiro atoms. The van der Waals surface area contributed by atoms with E-state index < -0.39 is 11.4 Å². The molecule has 0 saturated carbocycles. The molecule has 1 aliphatic heterocycles. The predicted molar refractivity (Wildman–Crippen MR) is 112 cm³/mol. The van der Waals surface area contributed by atoms with Crippen LogP contribution in [-0.2, 0) is 6.54 Å². The normalized spacial score (nSPS) is 16.7. The van der Waals surface area contributed by atoms with Gasteiger partial charge in [-0.05, 0) is 56.8 Å². The number of halogens is 1. The number of nitrogens with zero attached hydrogens (tertiary/aromatic N) is 2. The van der Waals surface area contributed by atoms with Gasteiger partial charge in [-0.25, -0.2) is 4.39 Å². The number of likely N-dealkylation sites (tertiary alicyclic amines) is 1. The Labute approximate surface area is 172 Å². The quantitative estimate of drug-likeness (QED) is 0.698. The van der Waals surface area contributed by atoms with Gasteiger partial charge in [-0.15, -0.1) is 0 Å². The summed E-state index contributed by atoms with van der Waals surface area (Å²) in [6.45, 7) is 4.06. The van der Waals surface area contributed by atoms with E-state index in [1.165, 1.54) is 11.6 Å². The Bertz CT molecular complexity index is 759. The van der Waals surface area contributed by atoms with Gasteiger partial charge in [0.25, 0.3) is 0 Å². The predicted octanol–water partition coefficient (Wildman–Crippen LogP) is 3.17. The van der Waals surface area contributed by atoms with Crippen molar-refractivity contribution >= 4 is 0 Å². The van der Waals surface area contributed by atoms with E-state index in [9.17, 15) is 9.50 Å². The molecule has 0 radical (unpaired) electrons. The number of hydrogen-bond donors (Lipinski definition) is 1. The SMILES string of the molecule is CN(C)CCOc1ccc(CN2CCC(O)(COc3ccccc3F)CC2)cc1. The van der Waals surface area contributed by atoms with Crippen LogP contribution >= 0.6 is 0 Å². The average Bonchev–Trinajstić information content (AvgIpc) is 2.70. The molecule has 0 aromatic heterocycles. The highest BCUT2D eigenvalue weighted by Crippen LogP contribution is 2.26. The van der Waals surface area contributed by atoms with Crippen LogP contribution < -0.4 is 9.47 Å². The van der Waals surface area contributed by atoms with E-state index in [1.54, 1.807) is 18.2 Å². The van der Waals surface area contributed by atoms with Crippen molar-refractivity contribution in [1.29, 1.82) is 0 Å². The van der Waals surface area contributed by atoms with Crippen LogP contribution in [0.3, 0.4) is 0 Å². The van der Waals surface area contributed by atoms with Gasteiger partial charge in [-0.2, -0.15) is 0 Å². The molecule has 0 aliphatic carbocycles. The molecule has 1 aliphatic rings. The number of hydrogen-bond acceptors (Lipinski definition) is 5. The van der Waals surface area contributed by atoms with Crippen molar-refractivity contribution in [3.63, 3.8) is 0 Å². The molecule has 158 valence electrons. The van der Waals surface area contributed by atoms with Crippen molar-refractivity contribution in [2.75, 3.05) is 46.9 Å². The zero-order valence-electron chi connectivity index (χ0n) is 17.3. The summed E-state index contributed by atoms with van der Waals surface area (Å²) in [5.74, 6) is 0.674. The fourth-order valence-electron chi connectivity index (χ4n) is 3.34. The highest BCUT2D eigenvalue weighted by molar-refractivity contribution is 5.27. The lowest BCUT2D eigenvalue weighted by atomic mass is 9.92. The summed E-state index contributed by atoms with van der Waals surface area (Å²) in [6.07, 6.45) is 1.21. The Kier molecular flexibility index (Phi) is 7.47. The molecule has 2 aromatic carbocycles. The molecule has 5 nitrogen and oxygen atoms in total. The first-order valence-electron chi connectivity index (χ1n) is 10.1. The molecule has 1 saturated heterocycles. The van der Waals surface area contributed by atoms with Crippen LogP contribution in [0.15, 0.2) is 48.5 Å². The maximum Gasteiger partial charge on any atom is 0.165 e. The monoisotopic (exact) mass is 402 g/mol. The molecule has 3 rings (SSSR count). The van der Waals surface area contributed by atoms with Gasteiger partial charge in [0.05, 0.1) is 0 Å². The van der Waals surface area contributed by atoms with Crippen molar-refractivity contribution < 1.29 is 19.0 Å². The molecule has 6 heteroatoms. The average molecular weight is 403 g/mol. The zero-order valence-corrected chi connectivity index (χ0v) is 17.3. The van der Waals surface area contributed by atoms with Crippen molar-refractivity contribution in [2.45, 2.75) is 25.0 Å². The maximum atomic E-state index is 13.7. The largest absolute Gasteiger partial charge is 0.492 e. The van der Waals surface area contributed by atoms with Crippen LogP contribution in [0.25, 0.3) is 0 Å². The summed E-state index contributed by atoms with van der Waals surface area (Å²) in [5.41, 5.74) is 0.307. The zero-order chi connectivity index (χ0) is 20.7. The third kappa shape index (κ3) is 6.70. The molecule has 0 unspecified atom stereocenters. The Morgan fingerprint density at radius 2 is 1.72 bits per heavy atom. The molecular weight excluding hydrogens is 371 g/mol. The van der Waals surface area contributed by atoms with E-state index in [0.29, 0.717) is 19.4 Å². The molecule has 0 amide bonds. The van der Waals surface area contributed by atoms with Crippen molar-refractivity contribution in [3.05, 3.63) is 59.9 Å². The Morgan fingerprint density at radius 1 is 1.03 bits per heavy atom. The number of aliphatic hydroxyl groups is 1. The third-order valence-electron chi connectivity index (χ3n) is 5.26. The van der Waals surface area contributed by atoms with Gasteiger partial charge >= 0.3 is 0 Å². The minimum atomic E-state index is -0.914. The molecular formula is C23H31FN2O3. The van der Waals surface area contributed by atoms with Crippen molar-refractivity contribution in [2.24, 2.45) is 0 Å². The molecule has 0 bridgehead atoms. The lowest BCUT2D eigenvalue weighted by molar-refractivity contribution is -0.0543. The van der Waals surface area contributed by atoms with Crippen molar-refractivity contribution in [3.8, 4) is 11.5 Å². The molecule has 1 heterocycles. The van der Waals surface area contributed by atoms with Crippen LogP contribution in [0, 0.1) is 5.82 Å². The fourth-order valence-corrected chi connectivity index (χ4v) is 3.34. The first kappa shape index (κ1) is 21.6. The number of piperidine rings is 1. The molecule has 2 aromatic rings. The summed E-state index contributed by atoms with van der Waals surface area (Å²) in [4.78, 5) is 4.41. The highest BCUT2D eigenvalue weighted by atomic mass is 19.1. The van der Waals surface area contributed by atoms with Gasteiger partial charge < -0.3 is 19.5 Å². The van der Waals surface area contributed by atoms with E-state index in [-0.39, 0.29) is 12.4 Å². The molecule has 0 atom stereocenters. The summed E-state index contributed by atoms with van der Waals surface area (Å²) in [6, 6.07) is 14.5. The third-order valence-corrected chi connectivity index (χ3v) is 5.26. The van der Waals surface area contributed by atoms with E-state index in [1.807, 2.05) is 26.2 Å². The van der Waals surface area contributed by atoms with Crippen LogP contribution in [0.4, 0.5) is 4.39 Å². The number of benzene rings is 2. The Hall–Kier alpha value is -2.15. The van der Waals surface area contributed by atoms with E-state index in [2.05, 4.69) is 21.9 Å². The van der Waals surface area contributed by atoms with Gasteiger partial charge in [-0.3, -0.25) is 4.90 Å². The maximum absolute atomic E-state index is 13.7. The summed E-state index contributed by atoms with van der Waals surface area (Å²) in [7, 11) is 4.05. The Balaban J connectivity index is 1.42. The van der Waals surface area contributed by atoms with Gasteiger partial charge in [0.15, 0.2) is 11.6 Å². The number of para-hydroxylation sites is 1. The first-order valence-corrected chi connectivity index (χ1v) is 10.1. The lowest BCUT2D eigenvalue weighted by Gasteiger charge is -2.38. The van der Waals surface area contributed by atoms with Gasteiger partial charge in [0.1, 0.15) is 24.6 Å². The van der Waals surface area contributed by atoms with Gasteiger partial charge in [-0.1, -0.05) is 24.3 Å². The second-order valence-corrected chi connectivity index (χ2v) is 8.02. The lowest BCUT2D eigenvalue weighted by Crippen LogP contribution is -2.47. The van der Waals surface area contributed by atoms with E-state index in [4.69, 9.17) is 9.47 Å². The van der Waals surface area contributed by atoms with E-state index in [0.717, 1.165) is 31.9 Å². The summed E-state index contributed by atoms with van der Waals surface area (Å²) in [5, 5.41) is 10.8. The fraction of sp³-hybridized carbons (Fsp3) is 0.478. The van der Waals surface area contributed by atoms with Crippen LogP contribution in [0.1, 0.15) is 18.4 Å². The minimum Gasteiger partial charge on any atom is -0.492 e. The molecule has 1 N–H and O–H groups in total. The highest BCUT2D eigenvalue weighted by Gasteiger charge is 2.33. The van der Waals surface area contributed by atoms with Crippen molar-refractivity contribution in [1.82, 2.24) is 9.80 Å². The van der Waals surface area contributed by atoms with E-state index >= 15 is 0 Å². The summed E-state index contributed by atoms with van der Waals surface area (Å²) < 4.78 is 24.9. The number of ether oxygens (including phenoxy) is 2. The molecule has 29 heavy (non-hydrogen) atoms. The first-order chi connectivity index (χ1) is 13.9. The van der Waals surface area contributed by atoms with Crippen LogP contribution in [0.5, 0.6) is 11.5 Å². The van der Waals surface area contributed by atoms with Gasteiger partial charge in [0.2, 0.25) is 0 Å². The Morgan fingerprint density at radius 3 is 2.38 bits per heavy atom. The second-order valence-electron chi connectivity index (χ2n) is 8.02.